The van der Waals surface area contributed by atoms with E-state index in [0.717, 1.165) is 82.9 Å². The molecule has 6 nitrogen and oxygen atoms in total. The van der Waals surface area contributed by atoms with Gasteiger partial charge >= 0.3 is 0 Å². The molecule has 220 valence electrons. The Kier molecular flexibility index (Phi) is 9.04. The summed E-state index contributed by atoms with van der Waals surface area (Å²) in [5.74, 6) is 0.887. The van der Waals surface area contributed by atoms with Crippen molar-refractivity contribution in [1.29, 1.82) is 0 Å². The molecule has 0 bridgehead atoms. The average Bonchev–Trinajstić information content (AvgIpc) is 3.02. The fourth-order valence-corrected chi connectivity index (χ4v) is 6.47. The van der Waals surface area contributed by atoms with Crippen molar-refractivity contribution in [3.05, 3.63) is 89.5 Å². The first-order valence-corrected chi connectivity index (χ1v) is 15.6. The zero-order chi connectivity index (χ0) is 28.9. The Morgan fingerprint density at radius 1 is 0.833 bits per heavy atom. The maximum absolute atomic E-state index is 12.8. The molecule has 0 aromatic heterocycles. The Labute approximate surface area is 250 Å². The van der Waals surface area contributed by atoms with Crippen LogP contribution in [0.5, 0.6) is 5.75 Å². The van der Waals surface area contributed by atoms with Gasteiger partial charge in [-0.05, 0) is 96.7 Å². The number of benzene rings is 4. The quantitative estimate of drug-likeness (QED) is 0.208. The number of aryl methyl sites for hydroxylation is 1. The Morgan fingerprint density at radius 3 is 2.31 bits per heavy atom. The largest absolute Gasteiger partial charge is 0.490 e. The van der Waals surface area contributed by atoms with E-state index in [1.54, 1.807) is 0 Å². The van der Waals surface area contributed by atoms with Crippen LogP contribution in [0, 0.1) is 6.92 Å². The summed E-state index contributed by atoms with van der Waals surface area (Å²) in [5.41, 5.74) is 3.12. The molecule has 2 aliphatic heterocycles. The van der Waals surface area contributed by atoms with E-state index in [2.05, 4.69) is 81.7 Å². The summed E-state index contributed by atoms with van der Waals surface area (Å²) in [7, 11) is 2.17. The molecule has 0 atom stereocenters. The Bertz CT molecular complexity index is 1520. The summed E-state index contributed by atoms with van der Waals surface area (Å²) in [5, 5.41) is 8.42. The van der Waals surface area contributed by atoms with Gasteiger partial charge in [-0.1, -0.05) is 48.5 Å². The summed E-state index contributed by atoms with van der Waals surface area (Å²) in [6.07, 6.45) is 3.18. The van der Waals surface area contributed by atoms with Crippen molar-refractivity contribution in [1.82, 2.24) is 20.0 Å². The van der Waals surface area contributed by atoms with Gasteiger partial charge in [-0.25, -0.2) is 0 Å². The van der Waals surface area contributed by atoms with Crippen molar-refractivity contribution >= 4 is 27.5 Å². The van der Waals surface area contributed by atoms with Crippen LogP contribution in [0.25, 0.3) is 21.5 Å². The van der Waals surface area contributed by atoms with Gasteiger partial charge < -0.3 is 19.9 Å². The first-order chi connectivity index (χ1) is 20.5. The van der Waals surface area contributed by atoms with Gasteiger partial charge in [0.15, 0.2) is 0 Å². The Balaban J connectivity index is 0.986. The third-order valence-electron chi connectivity index (χ3n) is 9.05. The van der Waals surface area contributed by atoms with E-state index in [1.165, 1.54) is 27.1 Å². The van der Waals surface area contributed by atoms with Gasteiger partial charge in [0.1, 0.15) is 11.9 Å². The number of nitrogens with one attached hydrogen (secondary N) is 1. The molecule has 0 spiro atoms. The molecule has 2 fully saturated rings. The SMILES string of the molecule is Cc1cc(C(=O)NCCCN2CCN(C)CC2)ccc1OC1CCN(Cc2cc3ccccc3c3ccccc23)CC1. The van der Waals surface area contributed by atoms with Crippen LogP contribution in [0.15, 0.2) is 72.8 Å². The molecule has 0 unspecified atom stereocenters. The topological polar surface area (TPSA) is 48.1 Å². The molecule has 0 radical (unpaired) electrons. The molecule has 2 aliphatic rings. The van der Waals surface area contributed by atoms with E-state index in [1.807, 2.05) is 25.1 Å². The summed E-state index contributed by atoms with van der Waals surface area (Å²) in [4.78, 5) is 20.2. The summed E-state index contributed by atoms with van der Waals surface area (Å²) >= 11 is 0. The van der Waals surface area contributed by atoms with Crippen LogP contribution in [0.2, 0.25) is 0 Å². The lowest BCUT2D eigenvalue weighted by molar-refractivity contribution is 0.0946. The van der Waals surface area contributed by atoms with Gasteiger partial charge in [0.25, 0.3) is 5.91 Å². The van der Waals surface area contributed by atoms with Crippen LogP contribution in [0.1, 0.15) is 40.7 Å². The highest BCUT2D eigenvalue weighted by molar-refractivity contribution is 6.08. The minimum Gasteiger partial charge on any atom is -0.490 e. The average molecular weight is 565 g/mol. The highest BCUT2D eigenvalue weighted by atomic mass is 16.5. The first-order valence-electron chi connectivity index (χ1n) is 15.6. The van der Waals surface area contributed by atoms with Gasteiger partial charge in [-0.2, -0.15) is 0 Å². The lowest BCUT2D eigenvalue weighted by Gasteiger charge is -2.33. The smallest absolute Gasteiger partial charge is 0.251 e. The number of hydrogen-bond acceptors (Lipinski definition) is 5. The van der Waals surface area contributed by atoms with Crippen molar-refractivity contribution in [3.8, 4) is 5.75 Å². The number of rotatable bonds is 9. The van der Waals surface area contributed by atoms with Crippen LogP contribution >= 0.6 is 0 Å². The minimum atomic E-state index is -0.00227. The third kappa shape index (κ3) is 6.78. The molecule has 6 rings (SSSR count). The van der Waals surface area contributed by atoms with Gasteiger partial charge in [-0.3, -0.25) is 9.69 Å². The van der Waals surface area contributed by atoms with E-state index >= 15 is 0 Å². The lowest BCUT2D eigenvalue weighted by Crippen LogP contribution is -2.45. The van der Waals surface area contributed by atoms with E-state index < -0.39 is 0 Å². The maximum atomic E-state index is 12.8. The molecular formula is C36H44N4O2. The van der Waals surface area contributed by atoms with Gasteiger partial charge in [0.2, 0.25) is 0 Å². The highest BCUT2D eigenvalue weighted by Crippen LogP contribution is 2.30. The number of likely N-dealkylation sites (N-methyl/N-ethyl adjacent to an activating group) is 1. The second-order valence-corrected chi connectivity index (χ2v) is 12.1. The number of nitrogens with zero attached hydrogens (tertiary/aromatic N) is 3. The van der Waals surface area contributed by atoms with E-state index in [0.29, 0.717) is 12.1 Å². The molecule has 1 amide bonds. The molecule has 6 heteroatoms. The number of carbonyl (C=O) groups excluding carboxylic acids is 1. The van der Waals surface area contributed by atoms with Crippen LogP contribution in [-0.4, -0.2) is 86.1 Å². The molecule has 2 heterocycles. The lowest BCUT2D eigenvalue weighted by atomic mass is 9.96. The third-order valence-corrected chi connectivity index (χ3v) is 9.05. The number of likely N-dealkylation sites (tertiary alicyclic amines) is 1. The number of ether oxygens (including phenoxy) is 1. The van der Waals surface area contributed by atoms with Crippen molar-refractivity contribution in [3.63, 3.8) is 0 Å². The van der Waals surface area contributed by atoms with E-state index in [-0.39, 0.29) is 12.0 Å². The summed E-state index contributed by atoms with van der Waals surface area (Å²) in [6, 6.07) is 25.7. The zero-order valence-electron chi connectivity index (χ0n) is 25.1. The first kappa shape index (κ1) is 28.7. The van der Waals surface area contributed by atoms with Crippen molar-refractivity contribution in [2.45, 2.75) is 38.8 Å². The van der Waals surface area contributed by atoms with Crippen molar-refractivity contribution in [2.24, 2.45) is 0 Å². The molecular weight excluding hydrogens is 520 g/mol. The van der Waals surface area contributed by atoms with Crippen molar-refractivity contribution < 1.29 is 9.53 Å². The second-order valence-electron chi connectivity index (χ2n) is 12.1. The van der Waals surface area contributed by atoms with Crippen molar-refractivity contribution in [2.75, 3.05) is 59.4 Å². The van der Waals surface area contributed by atoms with Crippen LogP contribution in [0.4, 0.5) is 0 Å². The predicted molar refractivity (Wildman–Crippen MR) is 172 cm³/mol. The standard InChI is InChI=1S/C36H44N4O2/c1-27-24-29(36(41)37-16-7-17-39-22-20-38(2)21-23-39)12-13-35(27)42-31-14-18-40(19-15-31)26-30-25-28-8-3-4-9-32(28)34-11-6-5-10-33(30)34/h3-6,8-13,24-25,31H,7,14-23,26H2,1-2H3,(H,37,41). The number of piperazine rings is 1. The summed E-state index contributed by atoms with van der Waals surface area (Å²) < 4.78 is 6.45. The van der Waals surface area contributed by atoms with Gasteiger partial charge in [0.05, 0.1) is 0 Å². The van der Waals surface area contributed by atoms with Crippen LogP contribution < -0.4 is 10.1 Å². The second kappa shape index (κ2) is 13.2. The van der Waals surface area contributed by atoms with Gasteiger partial charge in [-0.15, -0.1) is 0 Å². The van der Waals surface area contributed by atoms with Crippen LogP contribution in [-0.2, 0) is 6.54 Å². The predicted octanol–water partition coefficient (Wildman–Crippen LogP) is 5.71. The molecule has 1 N–H and O–H groups in total. The van der Waals surface area contributed by atoms with E-state index in [9.17, 15) is 4.79 Å². The molecule has 4 aromatic carbocycles. The number of fused-ring (bicyclic) bond motifs is 3. The fraction of sp³-hybridized carbons (Fsp3) is 0.417. The fourth-order valence-electron chi connectivity index (χ4n) is 6.47. The number of piperidine rings is 1. The zero-order valence-corrected chi connectivity index (χ0v) is 25.1. The molecule has 0 saturated carbocycles. The van der Waals surface area contributed by atoms with Crippen LogP contribution in [0.3, 0.4) is 0 Å². The molecule has 4 aromatic rings. The van der Waals surface area contributed by atoms with Gasteiger partial charge in [0, 0.05) is 57.9 Å². The normalized spacial score (nSPS) is 17.6. The maximum Gasteiger partial charge on any atom is 0.251 e. The Morgan fingerprint density at radius 2 is 1.55 bits per heavy atom. The number of carbonyl (C=O) groups is 1. The van der Waals surface area contributed by atoms with E-state index in [4.69, 9.17) is 4.74 Å². The highest BCUT2D eigenvalue weighted by Gasteiger charge is 2.22. The number of hydrogen-bond donors (Lipinski definition) is 1. The molecule has 42 heavy (non-hydrogen) atoms. The number of amides is 1. The summed E-state index contributed by atoms with van der Waals surface area (Å²) in [6.45, 7) is 11.3. The molecule has 0 aliphatic carbocycles. The Hall–Kier alpha value is -3.45. The minimum absolute atomic E-state index is 0.00227. The molecule has 2 saturated heterocycles. The monoisotopic (exact) mass is 564 g/mol.